The van der Waals surface area contributed by atoms with Crippen LogP contribution >= 0.6 is 11.6 Å². The molecule has 0 saturated carbocycles. The molecule has 164 valence electrons. The second-order valence-corrected chi connectivity index (χ2v) is 8.82. The van der Waals surface area contributed by atoms with Crippen molar-refractivity contribution >= 4 is 23.4 Å². The summed E-state index contributed by atoms with van der Waals surface area (Å²) in [6.45, 7) is 2.77. The first-order valence-electron chi connectivity index (χ1n) is 10.7. The topological polar surface area (TPSA) is 75.9 Å². The lowest BCUT2D eigenvalue weighted by Gasteiger charge is -2.47. The molecule has 2 aliphatic heterocycles. The molecular weight excluding hydrogens is 414 g/mol. The number of piperidine rings is 1. The van der Waals surface area contributed by atoms with Gasteiger partial charge in [-0.3, -0.25) is 9.59 Å². The van der Waals surface area contributed by atoms with Crippen molar-refractivity contribution in [2.75, 3.05) is 32.8 Å². The number of halogens is 1. The number of carbonyl (C=O) groups is 2. The average Bonchev–Trinajstić information content (AvgIpc) is 2.80. The summed E-state index contributed by atoms with van der Waals surface area (Å²) in [6, 6.07) is 16.2. The van der Waals surface area contributed by atoms with Crippen LogP contribution in [0.2, 0.25) is 5.02 Å². The summed E-state index contributed by atoms with van der Waals surface area (Å²) < 4.78 is 6.14. The third-order valence-electron chi connectivity index (χ3n) is 6.23. The molecule has 2 N–H and O–H groups in total. The Balaban J connectivity index is 1.34. The third-order valence-corrected chi connectivity index (χ3v) is 6.48. The molecule has 6 nitrogen and oxygen atoms in total. The van der Waals surface area contributed by atoms with Crippen LogP contribution in [0, 0.1) is 0 Å². The van der Waals surface area contributed by atoms with Crippen LogP contribution < -0.4 is 5.73 Å². The molecular formula is C24H28ClN3O3. The molecule has 2 fully saturated rings. The number of hydrogen-bond donors (Lipinski definition) is 1. The van der Waals surface area contributed by atoms with Gasteiger partial charge in [-0.25, -0.2) is 0 Å². The van der Waals surface area contributed by atoms with E-state index >= 15 is 0 Å². The van der Waals surface area contributed by atoms with Crippen LogP contribution in [0.15, 0.2) is 54.6 Å². The Labute approximate surface area is 187 Å². The lowest BCUT2D eigenvalue weighted by molar-refractivity contribution is -0.148. The van der Waals surface area contributed by atoms with Crippen LogP contribution in [-0.2, 0) is 16.0 Å². The highest BCUT2D eigenvalue weighted by molar-refractivity contribution is 6.30. The molecule has 0 aromatic heterocycles. The van der Waals surface area contributed by atoms with Gasteiger partial charge in [-0.15, -0.1) is 0 Å². The van der Waals surface area contributed by atoms with E-state index in [1.807, 2.05) is 40.1 Å². The maximum Gasteiger partial charge on any atom is 0.254 e. The minimum absolute atomic E-state index is 0.0114. The second-order valence-electron chi connectivity index (χ2n) is 8.39. The SMILES string of the molecule is N[C@@H](Cc1ccccc1)C(=O)N1CCC2(CC1)CN(C(=O)c1ccc(Cl)cc1)CCO2. The van der Waals surface area contributed by atoms with Crippen molar-refractivity contribution in [3.05, 3.63) is 70.7 Å². The zero-order valence-electron chi connectivity index (χ0n) is 17.5. The zero-order valence-corrected chi connectivity index (χ0v) is 18.3. The van der Waals surface area contributed by atoms with Crippen LogP contribution in [0.25, 0.3) is 0 Å². The molecule has 31 heavy (non-hydrogen) atoms. The number of benzene rings is 2. The van der Waals surface area contributed by atoms with Gasteiger partial charge in [0, 0.05) is 30.2 Å². The first kappa shape index (κ1) is 21.8. The number of rotatable bonds is 4. The molecule has 0 radical (unpaired) electrons. The number of nitrogens with two attached hydrogens (primary N) is 1. The summed E-state index contributed by atoms with van der Waals surface area (Å²) in [4.78, 5) is 29.5. The molecule has 2 amide bonds. The number of morpholine rings is 1. The second kappa shape index (κ2) is 9.39. The van der Waals surface area contributed by atoms with E-state index in [9.17, 15) is 9.59 Å². The Morgan fingerprint density at radius 2 is 1.68 bits per heavy atom. The van der Waals surface area contributed by atoms with Crippen LogP contribution in [0.3, 0.4) is 0 Å². The minimum atomic E-state index is -0.549. The van der Waals surface area contributed by atoms with Gasteiger partial charge < -0.3 is 20.3 Å². The molecule has 4 rings (SSSR count). The van der Waals surface area contributed by atoms with Crippen molar-refractivity contribution < 1.29 is 14.3 Å². The minimum Gasteiger partial charge on any atom is -0.371 e. The Morgan fingerprint density at radius 1 is 1.00 bits per heavy atom. The standard InChI is InChI=1S/C24H28ClN3O3/c25-20-8-6-19(7-9-20)22(29)28-14-15-31-24(17-28)10-12-27(13-11-24)23(30)21(26)16-18-4-2-1-3-5-18/h1-9,21H,10-17,26H2/t21-/m0/s1. The van der Waals surface area contributed by atoms with Gasteiger partial charge in [-0.1, -0.05) is 41.9 Å². The number of hydrogen-bond acceptors (Lipinski definition) is 4. The summed E-state index contributed by atoms with van der Waals surface area (Å²) >= 11 is 5.94. The predicted octanol–water partition coefficient (Wildman–Crippen LogP) is 2.74. The van der Waals surface area contributed by atoms with E-state index in [0.717, 1.165) is 5.56 Å². The van der Waals surface area contributed by atoms with E-state index in [4.69, 9.17) is 22.1 Å². The molecule has 2 aromatic carbocycles. The summed E-state index contributed by atoms with van der Waals surface area (Å²) in [6.07, 6.45) is 1.92. The van der Waals surface area contributed by atoms with Crippen molar-refractivity contribution in [1.82, 2.24) is 9.80 Å². The summed E-state index contributed by atoms with van der Waals surface area (Å²) in [5.74, 6) is -0.0358. The van der Waals surface area contributed by atoms with Crippen LogP contribution in [0.4, 0.5) is 0 Å². The first-order valence-corrected chi connectivity index (χ1v) is 11.1. The Morgan fingerprint density at radius 3 is 2.35 bits per heavy atom. The van der Waals surface area contributed by atoms with Crippen LogP contribution in [0.5, 0.6) is 0 Å². The lowest BCUT2D eigenvalue weighted by Crippen LogP contribution is -2.59. The molecule has 2 heterocycles. The fraction of sp³-hybridized carbons (Fsp3) is 0.417. The van der Waals surface area contributed by atoms with E-state index in [0.29, 0.717) is 62.6 Å². The fourth-order valence-corrected chi connectivity index (χ4v) is 4.55. The van der Waals surface area contributed by atoms with Crippen molar-refractivity contribution in [3.63, 3.8) is 0 Å². The maximum atomic E-state index is 12.9. The first-order chi connectivity index (χ1) is 15.0. The van der Waals surface area contributed by atoms with Gasteiger partial charge in [0.2, 0.25) is 5.91 Å². The quantitative estimate of drug-likeness (QED) is 0.791. The largest absolute Gasteiger partial charge is 0.371 e. The highest BCUT2D eigenvalue weighted by Crippen LogP contribution is 2.31. The lowest BCUT2D eigenvalue weighted by atomic mass is 9.88. The molecule has 0 bridgehead atoms. The molecule has 7 heteroatoms. The smallest absolute Gasteiger partial charge is 0.254 e. The Hall–Kier alpha value is -2.41. The van der Waals surface area contributed by atoms with E-state index in [1.165, 1.54) is 0 Å². The van der Waals surface area contributed by atoms with Gasteiger partial charge in [0.25, 0.3) is 5.91 Å². The molecule has 0 unspecified atom stereocenters. The van der Waals surface area contributed by atoms with Crippen molar-refractivity contribution in [2.24, 2.45) is 5.73 Å². The van der Waals surface area contributed by atoms with Crippen LogP contribution in [0.1, 0.15) is 28.8 Å². The Bertz CT molecular complexity index is 911. The molecule has 1 atom stereocenters. The monoisotopic (exact) mass is 441 g/mol. The van der Waals surface area contributed by atoms with Crippen LogP contribution in [-0.4, -0.2) is 66.0 Å². The number of likely N-dealkylation sites (tertiary alicyclic amines) is 1. The number of carbonyl (C=O) groups excluding carboxylic acids is 2. The number of amides is 2. The van der Waals surface area contributed by atoms with Gasteiger partial charge in [0.1, 0.15) is 0 Å². The molecule has 2 aliphatic rings. The predicted molar refractivity (Wildman–Crippen MR) is 120 cm³/mol. The summed E-state index contributed by atoms with van der Waals surface area (Å²) in [5.41, 5.74) is 7.48. The van der Waals surface area contributed by atoms with E-state index < -0.39 is 11.6 Å². The number of ether oxygens (including phenoxy) is 1. The van der Waals surface area contributed by atoms with E-state index in [1.54, 1.807) is 24.3 Å². The van der Waals surface area contributed by atoms with Gasteiger partial charge in [-0.05, 0) is 49.1 Å². The molecule has 2 saturated heterocycles. The molecule has 2 aromatic rings. The van der Waals surface area contributed by atoms with Gasteiger partial charge in [0.15, 0.2) is 0 Å². The summed E-state index contributed by atoms with van der Waals surface area (Å²) in [7, 11) is 0. The fourth-order valence-electron chi connectivity index (χ4n) is 4.42. The van der Waals surface area contributed by atoms with Crippen molar-refractivity contribution in [3.8, 4) is 0 Å². The van der Waals surface area contributed by atoms with Gasteiger partial charge in [-0.2, -0.15) is 0 Å². The maximum absolute atomic E-state index is 12.9. The molecule has 0 aliphatic carbocycles. The third kappa shape index (κ3) is 5.09. The Kier molecular flexibility index (Phi) is 6.60. The average molecular weight is 442 g/mol. The van der Waals surface area contributed by atoms with Gasteiger partial charge >= 0.3 is 0 Å². The van der Waals surface area contributed by atoms with E-state index in [2.05, 4.69) is 0 Å². The van der Waals surface area contributed by atoms with Crippen molar-refractivity contribution in [2.45, 2.75) is 30.9 Å². The van der Waals surface area contributed by atoms with Gasteiger partial charge in [0.05, 0.1) is 24.8 Å². The molecule has 1 spiro atoms. The highest BCUT2D eigenvalue weighted by Gasteiger charge is 2.42. The normalized spacial score (nSPS) is 19.3. The van der Waals surface area contributed by atoms with E-state index in [-0.39, 0.29) is 11.8 Å². The summed E-state index contributed by atoms with van der Waals surface area (Å²) in [5, 5.41) is 0.609. The highest BCUT2D eigenvalue weighted by atomic mass is 35.5. The zero-order chi connectivity index (χ0) is 21.8. The number of nitrogens with zero attached hydrogens (tertiary/aromatic N) is 2. The van der Waals surface area contributed by atoms with Crippen molar-refractivity contribution in [1.29, 1.82) is 0 Å².